The fraction of sp³-hybridized carbons (Fsp3) is 0.600. The van der Waals surface area contributed by atoms with Gasteiger partial charge in [0.25, 0.3) is 5.91 Å². The van der Waals surface area contributed by atoms with Gasteiger partial charge in [0.2, 0.25) is 10.0 Å². The molecule has 0 saturated carbocycles. The second-order valence-corrected chi connectivity index (χ2v) is 8.49. The van der Waals surface area contributed by atoms with E-state index in [1.807, 2.05) is 6.07 Å². The maximum Gasteiger partial charge on any atom is 0.263 e. The van der Waals surface area contributed by atoms with E-state index in [-0.39, 0.29) is 22.4 Å². The third-order valence-electron chi connectivity index (χ3n) is 4.00. The minimum absolute atomic E-state index is 0.0278. The molecule has 1 fully saturated rings. The summed E-state index contributed by atoms with van der Waals surface area (Å²) in [5.41, 5.74) is 0. The Kier molecular flexibility index (Phi) is 6.34. The Balaban J connectivity index is 2.31. The van der Waals surface area contributed by atoms with E-state index in [9.17, 15) is 18.3 Å². The summed E-state index contributed by atoms with van der Waals surface area (Å²) in [6, 6.07) is 2.37. The number of sulfonamides is 1. The third-order valence-corrected chi connectivity index (χ3v) is 7.04. The highest BCUT2D eigenvalue weighted by atomic mass is 32.2. The van der Waals surface area contributed by atoms with Crippen molar-refractivity contribution in [2.45, 2.75) is 49.6 Å². The van der Waals surface area contributed by atoms with E-state index in [0.717, 1.165) is 24.2 Å². The Morgan fingerprint density at radius 1 is 1.58 bits per heavy atom. The molecule has 1 aliphatic heterocycles. The molecule has 1 saturated heterocycles. The molecule has 2 heterocycles. The first-order valence-electron chi connectivity index (χ1n) is 7.82. The standard InChI is InChI=1S/C15H21N3O4S2/c1-11(10-16)17-15(20)14-13(6-9-23-14)24(21,22)18-7-3-2-4-12(18)5-8-19/h6,9,11-12,19H,2-5,7-8H2,1H3,(H,17,20). The smallest absolute Gasteiger partial charge is 0.263 e. The number of rotatable bonds is 6. The van der Waals surface area contributed by atoms with Crippen molar-refractivity contribution in [2.75, 3.05) is 13.2 Å². The van der Waals surface area contributed by atoms with Crippen molar-refractivity contribution in [3.05, 3.63) is 16.3 Å². The van der Waals surface area contributed by atoms with E-state index in [0.29, 0.717) is 19.4 Å². The molecule has 2 N–H and O–H groups in total. The molecule has 2 unspecified atom stereocenters. The summed E-state index contributed by atoms with van der Waals surface area (Å²) in [5.74, 6) is -0.562. The topological polar surface area (TPSA) is 110 Å². The van der Waals surface area contributed by atoms with Crippen molar-refractivity contribution in [3.8, 4) is 6.07 Å². The van der Waals surface area contributed by atoms with Gasteiger partial charge in [0.15, 0.2) is 0 Å². The second-order valence-electron chi connectivity index (χ2n) is 5.72. The minimum Gasteiger partial charge on any atom is -0.396 e. The molecule has 24 heavy (non-hydrogen) atoms. The number of carbonyl (C=O) groups is 1. The summed E-state index contributed by atoms with van der Waals surface area (Å²) in [6.45, 7) is 1.84. The first-order chi connectivity index (χ1) is 11.4. The summed E-state index contributed by atoms with van der Waals surface area (Å²) in [6.07, 6.45) is 2.78. The summed E-state index contributed by atoms with van der Waals surface area (Å²) in [7, 11) is -3.82. The van der Waals surface area contributed by atoms with Gasteiger partial charge in [0, 0.05) is 19.2 Å². The van der Waals surface area contributed by atoms with Crippen molar-refractivity contribution in [2.24, 2.45) is 0 Å². The summed E-state index contributed by atoms with van der Waals surface area (Å²) < 4.78 is 27.4. The Bertz CT molecular complexity index is 721. The summed E-state index contributed by atoms with van der Waals surface area (Å²) in [4.78, 5) is 12.3. The number of hydrogen-bond acceptors (Lipinski definition) is 6. The number of amides is 1. The molecular weight excluding hydrogens is 350 g/mol. The molecule has 1 aromatic heterocycles. The lowest BCUT2D eigenvalue weighted by Gasteiger charge is -2.34. The van der Waals surface area contributed by atoms with E-state index < -0.39 is 22.0 Å². The quantitative estimate of drug-likeness (QED) is 0.783. The van der Waals surface area contributed by atoms with Gasteiger partial charge in [-0.2, -0.15) is 9.57 Å². The van der Waals surface area contributed by atoms with Crippen molar-refractivity contribution in [1.29, 1.82) is 5.26 Å². The molecule has 2 atom stereocenters. The molecule has 1 aliphatic rings. The van der Waals surface area contributed by atoms with Gasteiger partial charge in [-0.05, 0) is 37.6 Å². The minimum atomic E-state index is -3.82. The first kappa shape index (κ1) is 18.9. The van der Waals surface area contributed by atoms with Gasteiger partial charge in [-0.1, -0.05) is 6.42 Å². The molecular formula is C15H21N3O4S2. The van der Waals surface area contributed by atoms with E-state index in [1.165, 1.54) is 17.3 Å². The van der Waals surface area contributed by atoms with E-state index in [4.69, 9.17) is 5.26 Å². The lowest BCUT2D eigenvalue weighted by molar-refractivity contribution is 0.0948. The van der Waals surface area contributed by atoms with E-state index in [2.05, 4.69) is 5.32 Å². The van der Waals surface area contributed by atoms with Crippen LogP contribution in [0, 0.1) is 11.3 Å². The zero-order chi connectivity index (χ0) is 17.7. The Morgan fingerprint density at radius 2 is 2.33 bits per heavy atom. The maximum atomic E-state index is 13.0. The van der Waals surface area contributed by atoms with Crippen molar-refractivity contribution < 1.29 is 18.3 Å². The van der Waals surface area contributed by atoms with Crippen LogP contribution < -0.4 is 5.32 Å². The first-order valence-corrected chi connectivity index (χ1v) is 10.1. The average molecular weight is 371 g/mol. The molecule has 7 nitrogen and oxygen atoms in total. The third kappa shape index (κ3) is 3.95. The lowest BCUT2D eigenvalue weighted by Crippen LogP contribution is -2.44. The van der Waals surface area contributed by atoms with Gasteiger partial charge >= 0.3 is 0 Å². The number of thiophene rings is 1. The second kappa shape index (κ2) is 8.07. The molecule has 0 bridgehead atoms. The van der Waals surface area contributed by atoms with Gasteiger partial charge in [0.05, 0.1) is 6.07 Å². The van der Waals surface area contributed by atoms with Crippen molar-refractivity contribution >= 4 is 27.3 Å². The van der Waals surface area contributed by atoms with Crippen LogP contribution in [0.3, 0.4) is 0 Å². The molecule has 0 aromatic carbocycles. The average Bonchev–Trinajstić information content (AvgIpc) is 3.06. The molecule has 2 rings (SSSR count). The molecule has 1 aromatic rings. The lowest BCUT2D eigenvalue weighted by atomic mass is 10.0. The molecule has 0 aliphatic carbocycles. The number of nitrogens with one attached hydrogen (secondary N) is 1. The molecule has 0 spiro atoms. The van der Waals surface area contributed by atoms with Crippen LogP contribution in [-0.2, 0) is 10.0 Å². The zero-order valence-electron chi connectivity index (χ0n) is 13.4. The van der Waals surface area contributed by atoms with Crippen LogP contribution in [0.1, 0.15) is 42.3 Å². The number of nitriles is 1. The largest absolute Gasteiger partial charge is 0.396 e. The normalized spacial score (nSPS) is 20.3. The van der Waals surface area contributed by atoms with Crippen LogP contribution in [0.2, 0.25) is 0 Å². The van der Waals surface area contributed by atoms with Crippen LogP contribution in [0.25, 0.3) is 0 Å². The fourth-order valence-electron chi connectivity index (χ4n) is 2.81. The van der Waals surface area contributed by atoms with Gasteiger partial charge in [-0.15, -0.1) is 11.3 Å². The van der Waals surface area contributed by atoms with Crippen LogP contribution in [-0.4, -0.2) is 49.0 Å². The predicted molar refractivity (Wildman–Crippen MR) is 90.1 cm³/mol. The van der Waals surface area contributed by atoms with Crippen LogP contribution in [0.5, 0.6) is 0 Å². The van der Waals surface area contributed by atoms with Crippen LogP contribution in [0.15, 0.2) is 16.3 Å². The molecule has 9 heteroatoms. The number of piperidine rings is 1. The monoisotopic (exact) mass is 371 g/mol. The Hall–Kier alpha value is -1.47. The molecule has 132 valence electrons. The molecule has 0 radical (unpaired) electrons. The number of aliphatic hydroxyl groups excluding tert-OH is 1. The van der Waals surface area contributed by atoms with Gasteiger partial charge in [0.1, 0.15) is 15.8 Å². The van der Waals surface area contributed by atoms with Gasteiger partial charge in [-0.25, -0.2) is 8.42 Å². The zero-order valence-corrected chi connectivity index (χ0v) is 15.1. The molecule has 1 amide bonds. The van der Waals surface area contributed by atoms with Crippen LogP contribution in [0.4, 0.5) is 0 Å². The highest BCUT2D eigenvalue weighted by Gasteiger charge is 2.36. The van der Waals surface area contributed by atoms with Gasteiger partial charge < -0.3 is 10.4 Å². The fourth-order valence-corrected chi connectivity index (χ4v) is 5.84. The van der Waals surface area contributed by atoms with Crippen molar-refractivity contribution in [3.63, 3.8) is 0 Å². The number of carbonyl (C=O) groups excluding carboxylic acids is 1. The van der Waals surface area contributed by atoms with Gasteiger partial charge in [-0.3, -0.25) is 4.79 Å². The van der Waals surface area contributed by atoms with E-state index in [1.54, 1.807) is 5.38 Å². The van der Waals surface area contributed by atoms with Crippen LogP contribution >= 0.6 is 11.3 Å². The van der Waals surface area contributed by atoms with Crippen molar-refractivity contribution in [1.82, 2.24) is 9.62 Å². The maximum absolute atomic E-state index is 13.0. The number of aliphatic hydroxyl groups is 1. The Labute approximate surface area is 145 Å². The summed E-state index contributed by atoms with van der Waals surface area (Å²) in [5, 5.41) is 22.0. The highest BCUT2D eigenvalue weighted by molar-refractivity contribution is 7.89. The SMILES string of the molecule is CC(C#N)NC(=O)c1sccc1S(=O)(=O)N1CCCCC1CCO. The number of hydrogen-bond donors (Lipinski definition) is 2. The number of nitrogens with zero attached hydrogens (tertiary/aromatic N) is 2. The highest BCUT2D eigenvalue weighted by Crippen LogP contribution is 2.31. The van der Waals surface area contributed by atoms with E-state index >= 15 is 0 Å². The predicted octanol–water partition coefficient (Wildman–Crippen LogP) is 1.32. The Morgan fingerprint density at radius 3 is 3.00 bits per heavy atom. The summed E-state index contributed by atoms with van der Waals surface area (Å²) >= 11 is 1.04.